The summed E-state index contributed by atoms with van der Waals surface area (Å²) in [7, 11) is 0. The topological polar surface area (TPSA) is 105 Å². The Balaban J connectivity index is 1.27. The van der Waals surface area contributed by atoms with E-state index in [1.807, 2.05) is 48.5 Å². The van der Waals surface area contributed by atoms with Gasteiger partial charge in [-0.25, -0.2) is 14.0 Å². The van der Waals surface area contributed by atoms with E-state index in [1.165, 1.54) is 0 Å². The number of hydrogen-bond donors (Lipinski definition) is 3. The molecule has 0 atom stereocenters. The highest BCUT2D eigenvalue weighted by molar-refractivity contribution is 5.94. The Bertz CT molecular complexity index is 1180. The predicted octanol–water partition coefficient (Wildman–Crippen LogP) is 4.39. The van der Waals surface area contributed by atoms with Gasteiger partial charge in [-0.15, -0.1) is 0 Å². The van der Waals surface area contributed by atoms with Gasteiger partial charge in [-0.2, -0.15) is 0 Å². The molecule has 0 aliphatic heterocycles. The van der Waals surface area contributed by atoms with E-state index in [1.54, 1.807) is 0 Å². The standard InChI is InChI=1S/C25H21FN2O5/c26-16-11-15(24(30)31)12-17(13-16)28-23(29)9-10-27-25(32)33-14-22-20-7-3-1-5-18(20)19-6-2-4-8-21(19)22/h1-8,11-13,22H,9-10,14H2,(H,27,32)(H,28,29)(H,30,31). The molecule has 4 rings (SSSR count). The number of anilines is 1. The van der Waals surface area contributed by atoms with Crippen LogP contribution in [0.4, 0.5) is 14.9 Å². The van der Waals surface area contributed by atoms with E-state index < -0.39 is 23.8 Å². The SMILES string of the molecule is O=C(CCNC(=O)OCC1c2ccccc2-c2ccccc21)Nc1cc(F)cc(C(=O)O)c1. The van der Waals surface area contributed by atoms with Crippen LogP contribution in [0, 0.1) is 5.82 Å². The lowest BCUT2D eigenvalue weighted by Gasteiger charge is -2.14. The number of hydrogen-bond acceptors (Lipinski definition) is 4. The highest BCUT2D eigenvalue weighted by atomic mass is 19.1. The Morgan fingerprint density at radius 2 is 1.58 bits per heavy atom. The third kappa shape index (κ3) is 5.01. The fourth-order valence-corrected chi connectivity index (χ4v) is 3.94. The number of fused-ring (bicyclic) bond motifs is 3. The van der Waals surface area contributed by atoms with Crippen LogP contribution < -0.4 is 10.6 Å². The van der Waals surface area contributed by atoms with Crippen LogP contribution in [0.5, 0.6) is 0 Å². The van der Waals surface area contributed by atoms with Crippen LogP contribution in [0.25, 0.3) is 11.1 Å². The summed E-state index contributed by atoms with van der Waals surface area (Å²) in [6.07, 6.45) is -0.744. The van der Waals surface area contributed by atoms with E-state index in [4.69, 9.17) is 9.84 Å². The second-order valence-corrected chi connectivity index (χ2v) is 7.58. The van der Waals surface area contributed by atoms with Gasteiger partial charge >= 0.3 is 12.1 Å². The van der Waals surface area contributed by atoms with Crippen molar-refractivity contribution in [3.8, 4) is 11.1 Å². The Kier molecular flexibility index (Phi) is 6.35. The molecular weight excluding hydrogens is 427 g/mol. The van der Waals surface area contributed by atoms with Crippen molar-refractivity contribution < 1.29 is 28.6 Å². The van der Waals surface area contributed by atoms with Crippen LogP contribution in [-0.2, 0) is 9.53 Å². The number of carbonyl (C=O) groups is 3. The maximum absolute atomic E-state index is 13.5. The van der Waals surface area contributed by atoms with Gasteiger partial charge in [0.2, 0.25) is 5.91 Å². The highest BCUT2D eigenvalue weighted by Gasteiger charge is 2.28. The number of amides is 2. The lowest BCUT2D eigenvalue weighted by Crippen LogP contribution is -2.29. The first-order chi connectivity index (χ1) is 15.9. The molecule has 0 spiro atoms. The van der Waals surface area contributed by atoms with E-state index in [0.29, 0.717) is 0 Å². The minimum absolute atomic E-state index is 0.00358. The number of nitrogens with one attached hydrogen (secondary N) is 2. The average molecular weight is 448 g/mol. The van der Waals surface area contributed by atoms with E-state index in [0.717, 1.165) is 40.5 Å². The van der Waals surface area contributed by atoms with Gasteiger partial charge in [-0.3, -0.25) is 4.79 Å². The molecule has 2 amide bonds. The molecule has 3 N–H and O–H groups in total. The van der Waals surface area contributed by atoms with Crippen LogP contribution in [0.2, 0.25) is 0 Å². The first-order valence-electron chi connectivity index (χ1n) is 10.3. The molecule has 3 aromatic rings. The van der Waals surface area contributed by atoms with Crippen LogP contribution >= 0.6 is 0 Å². The molecule has 1 aliphatic rings. The Labute approximate surface area is 189 Å². The average Bonchev–Trinajstić information content (AvgIpc) is 3.11. The molecule has 3 aromatic carbocycles. The lowest BCUT2D eigenvalue weighted by molar-refractivity contribution is -0.116. The zero-order valence-electron chi connectivity index (χ0n) is 17.5. The summed E-state index contributed by atoms with van der Waals surface area (Å²) in [4.78, 5) is 35.2. The first kappa shape index (κ1) is 22.0. The van der Waals surface area contributed by atoms with Crippen LogP contribution in [-0.4, -0.2) is 36.2 Å². The lowest BCUT2D eigenvalue weighted by atomic mass is 9.98. The van der Waals surface area contributed by atoms with Crippen LogP contribution in [0.15, 0.2) is 66.7 Å². The molecule has 0 bridgehead atoms. The van der Waals surface area contributed by atoms with E-state index >= 15 is 0 Å². The third-order valence-corrected chi connectivity index (χ3v) is 5.39. The first-order valence-corrected chi connectivity index (χ1v) is 10.3. The third-order valence-electron chi connectivity index (χ3n) is 5.39. The van der Waals surface area contributed by atoms with Crippen LogP contribution in [0.3, 0.4) is 0 Å². The van der Waals surface area contributed by atoms with Crippen molar-refractivity contribution in [2.24, 2.45) is 0 Å². The van der Waals surface area contributed by atoms with Crippen molar-refractivity contribution in [1.82, 2.24) is 5.32 Å². The second kappa shape index (κ2) is 9.52. The molecular formula is C25H21FN2O5. The van der Waals surface area contributed by atoms with Gasteiger partial charge in [0.25, 0.3) is 0 Å². The van der Waals surface area contributed by atoms with Crippen molar-refractivity contribution in [2.75, 3.05) is 18.5 Å². The largest absolute Gasteiger partial charge is 0.478 e. The number of halogens is 1. The van der Waals surface area contributed by atoms with Crippen molar-refractivity contribution >= 4 is 23.7 Å². The molecule has 1 aliphatic carbocycles. The fourth-order valence-electron chi connectivity index (χ4n) is 3.94. The molecule has 0 saturated carbocycles. The Hall–Kier alpha value is -4.20. The van der Waals surface area contributed by atoms with E-state index in [9.17, 15) is 18.8 Å². The number of alkyl carbamates (subject to hydrolysis) is 1. The maximum atomic E-state index is 13.5. The maximum Gasteiger partial charge on any atom is 0.407 e. The fraction of sp³-hybridized carbons (Fsp3) is 0.160. The van der Waals surface area contributed by atoms with Gasteiger partial charge in [0, 0.05) is 24.6 Å². The molecule has 0 fully saturated rings. The quantitative estimate of drug-likeness (QED) is 0.497. The van der Waals surface area contributed by atoms with Gasteiger partial charge in [0.1, 0.15) is 12.4 Å². The van der Waals surface area contributed by atoms with Crippen molar-refractivity contribution in [3.63, 3.8) is 0 Å². The molecule has 7 nitrogen and oxygen atoms in total. The minimum atomic E-state index is -1.30. The Morgan fingerprint density at radius 1 is 0.939 bits per heavy atom. The molecule has 8 heteroatoms. The van der Waals surface area contributed by atoms with Crippen molar-refractivity contribution in [1.29, 1.82) is 0 Å². The zero-order chi connectivity index (χ0) is 23.4. The summed E-state index contributed by atoms with van der Waals surface area (Å²) in [6.45, 7) is 0.164. The van der Waals surface area contributed by atoms with Crippen molar-refractivity contribution in [3.05, 3.63) is 89.2 Å². The number of aromatic carboxylic acids is 1. The molecule has 168 valence electrons. The molecule has 0 heterocycles. The van der Waals surface area contributed by atoms with Crippen molar-refractivity contribution in [2.45, 2.75) is 12.3 Å². The number of carboxylic acid groups (broad SMARTS) is 1. The molecule has 0 aromatic heterocycles. The van der Waals surface area contributed by atoms with Gasteiger partial charge in [-0.05, 0) is 40.5 Å². The number of carboxylic acids is 1. The van der Waals surface area contributed by atoms with E-state index in [-0.39, 0.29) is 36.7 Å². The van der Waals surface area contributed by atoms with Gasteiger partial charge in [-0.1, -0.05) is 48.5 Å². The van der Waals surface area contributed by atoms with Gasteiger partial charge < -0.3 is 20.5 Å². The number of rotatable bonds is 7. The monoisotopic (exact) mass is 448 g/mol. The molecule has 0 unspecified atom stereocenters. The van der Waals surface area contributed by atoms with Crippen LogP contribution in [0.1, 0.15) is 33.8 Å². The Morgan fingerprint density at radius 3 is 2.21 bits per heavy atom. The molecule has 33 heavy (non-hydrogen) atoms. The van der Waals surface area contributed by atoms with E-state index in [2.05, 4.69) is 10.6 Å². The van der Waals surface area contributed by atoms with Gasteiger partial charge in [0.05, 0.1) is 5.56 Å². The normalized spacial score (nSPS) is 11.9. The summed E-state index contributed by atoms with van der Waals surface area (Å²) in [6, 6.07) is 19.0. The zero-order valence-corrected chi connectivity index (χ0v) is 17.5. The summed E-state index contributed by atoms with van der Waals surface area (Å²) in [5.41, 5.74) is 4.20. The smallest absolute Gasteiger partial charge is 0.407 e. The molecule has 0 saturated heterocycles. The summed E-state index contributed by atoms with van der Waals surface area (Å²) < 4.78 is 18.9. The number of benzene rings is 3. The summed E-state index contributed by atoms with van der Waals surface area (Å²) in [5, 5.41) is 13.9. The predicted molar refractivity (Wildman–Crippen MR) is 120 cm³/mol. The molecule has 0 radical (unpaired) electrons. The second-order valence-electron chi connectivity index (χ2n) is 7.58. The number of carbonyl (C=O) groups excluding carboxylic acids is 2. The minimum Gasteiger partial charge on any atom is -0.478 e. The van der Waals surface area contributed by atoms with Gasteiger partial charge in [0.15, 0.2) is 0 Å². The summed E-state index contributed by atoms with van der Waals surface area (Å²) in [5.74, 6) is -2.65. The summed E-state index contributed by atoms with van der Waals surface area (Å²) >= 11 is 0. The highest BCUT2D eigenvalue weighted by Crippen LogP contribution is 2.44. The number of ether oxygens (including phenoxy) is 1.